The van der Waals surface area contributed by atoms with Crippen molar-refractivity contribution in [2.45, 2.75) is 20.3 Å². The van der Waals surface area contributed by atoms with Gasteiger partial charge in [-0.05, 0) is 31.5 Å². The predicted octanol–water partition coefficient (Wildman–Crippen LogP) is 2.24. The summed E-state index contributed by atoms with van der Waals surface area (Å²) in [5.41, 5.74) is 8.32. The molecule has 0 aromatic heterocycles. The van der Waals surface area contributed by atoms with Crippen LogP contribution in [-0.4, -0.2) is 23.9 Å². The van der Waals surface area contributed by atoms with Gasteiger partial charge in [0.05, 0.1) is 6.42 Å². The molecule has 2 N–H and O–H groups in total. The molecule has 92 valence electrons. The summed E-state index contributed by atoms with van der Waals surface area (Å²) in [4.78, 5) is 13.8. The number of hydrogen-bond donors (Lipinski definition) is 1. The van der Waals surface area contributed by atoms with Gasteiger partial charge in [-0.1, -0.05) is 24.3 Å². The molecule has 17 heavy (non-hydrogen) atoms. The van der Waals surface area contributed by atoms with Gasteiger partial charge in [-0.3, -0.25) is 4.79 Å². The molecule has 1 rings (SSSR count). The van der Waals surface area contributed by atoms with Crippen molar-refractivity contribution in [3.63, 3.8) is 0 Å². The van der Waals surface area contributed by atoms with Gasteiger partial charge in [0.1, 0.15) is 0 Å². The molecular weight excluding hydrogens is 212 g/mol. The van der Waals surface area contributed by atoms with Gasteiger partial charge in [-0.15, -0.1) is 0 Å². The summed E-state index contributed by atoms with van der Waals surface area (Å²) in [6, 6.07) is 7.45. The lowest BCUT2D eigenvalue weighted by Gasteiger charge is -2.21. The highest BCUT2D eigenvalue weighted by Gasteiger charge is 2.12. The van der Waals surface area contributed by atoms with Gasteiger partial charge in [-0.25, -0.2) is 0 Å². The van der Waals surface area contributed by atoms with Crippen LogP contribution in [0.4, 0.5) is 5.69 Å². The predicted molar refractivity (Wildman–Crippen MR) is 71.6 cm³/mol. The quantitative estimate of drug-likeness (QED) is 0.625. The first-order chi connectivity index (χ1) is 8.02. The number of hydrogen-bond acceptors (Lipinski definition) is 2. The third-order valence-corrected chi connectivity index (χ3v) is 2.50. The van der Waals surface area contributed by atoms with Gasteiger partial charge in [0.25, 0.3) is 0 Å². The Kier molecular flexibility index (Phi) is 4.76. The van der Waals surface area contributed by atoms with E-state index < -0.39 is 0 Å². The van der Waals surface area contributed by atoms with E-state index in [4.69, 9.17) is 5.73 Å². The zero-order valence-electron chi connectivity index (χ0n) is 10.6. The monoisotopic (exact) mass is 232 g/mol. The van der Waals surface area contributed by atoms with Crippen LogP contribution in [0.15, 0.2) is 36.4 Å². The molecule has 0 radical (unpaired) electrons. The number of carbonyl (C=O) groups is 1. The molecule has 0 aliphatic carbocycles. The Bertz CT molecular complexity index is 412. The van der Waals surface area contributed by atoms with Crippen molar-refractivity contribution in [1.82, 2.24) is 4.90 Å². The van der Waals surface area contributed by atoms with Crippen molar-refractivity contribution in [3.8, 4) is 0 Å². The van der Waals surface area contributed by atoms with E-state index in [1.165, 1.54) is 0 Å². The van der Waals surface area contributed by atoms with Gasteiger partial charge in [0.2, 0.25) is 5.91 Å². The SMILES string of the molecule is C=C(C)CN(CC)C(=O)Cc1cccc(N)c1. The maximum absolute atomic E-state index is 12.0. The van der Waals surface area contributed by atoms with E-state index in [2.05, 4.69) is 6.58 Å². The van der Waals surface area contributed by atoms with Crippen LogP contribution in [-0.2, 0) is 11.2 Å². The second kappa shape index (κ2) is 6.09. The molecule has 1 amide bonds. The molecule has 0 saturated carbocycles. The lowest BCUT2D eigenvalue weighted by Crippen LogP contribution is -2.33. The Hall–Kier alpha value is -1.77. The highest BCUT2D eigenvalue weighted by Crippen LogP contribution is 2.09. The van der Waals surface area contributed by atoms with E-state index in [0.29, 0.717) is 25.2 Å². The van der Waals surface area contributed by atoms with E-state index in [1.807, 2.05) is 38.1 Å². The zero-order valence-corrected chi connectivity index (χ0v) is 10.6. The number of nitrogens with zero attached hydrogens (tertiary/aromatic N) is 1. The minimum atomic E-state index is 0.112. The fourth-order valence-corrected chi connectivity index (χ4v) is 1.69. The van der Waals surface area contributed by atoms with E-state index in [1.54, 1.807) is 4.90 Å². The minimum absolute atomic E-state index is 0.112. The largest absolute Gasteiger partial charge is 0.399 e. The molecule has 1 aromatic rings. The fraction of sp³-hybridized carbons (Fsp3) is 0.357. The lowest BCUT2D eigenvalue weighted by molar-refractivity contribution is -0.129. The normalized spacial score (nSPS) is 10.0. The highest BCUT2D eigenvalue weighted by atomic mass is 16.2. The standard InChI is InChI=1S/C14H20N2O/c1-4-16(10-11(2)3)14(17)9-12-6-5-7-13(15)8-12/h5-8H,2,4,9-10,15H2,1,3H3. The number of benzene rings is 1. The number of rotatable bonds is 5. The summed E-state index contributed by atoms with van der Waals surface area (Å²) < 4.78 is 0. The smallest absolute Gasteiger partial charge is 0.227 e. The molecule has 0 bridgehead atoms. The Balaban J connectivity index is 2.67. The Labute approximate surface area is 103 Å². The van der Waals surface area contributed by atoms with E-state index in [-0.39, 0.29) is 5.91 Å². The first-order valence-corrected chi connectivity index (χ1v) is 5.79. The maximum atomic E-state index is 12.0. The summed E-state index contributed by atoms with van der Waals surface area (Å²) in [5.74, 6) is 0.112. The average Bonchev–Trinajstić information content (AvgIpc) is 2.25. The summed E-state index contributed by atoms with van der Waals surface area (Å²) in [6.45, 7) is 9.06. The van der Waals surface area contributed by atoms with Crippen molar-refractivity contribution >= 4 is 11.6 Å². The van der Waals surface area contributed by atoms with Crippen LogP contribution in [0.3, 0.4) is 0 Å². The van der Waals surface area contributed by atoms with Gasteiger partial charge in [-0.2, -0.15) is 0 Å². The molecule has 0 fully saturated rings. The minimum Gasteiger partial charge on any atom is -0.399 e. The molecule has 0 aliphatic heterocycles. The number of likely N-dealkylation sites (N-methyl/N-ethyl adjacent to an activating group) is 1. The van der Waals surface area contributed by atoms with Gasteiger partial charge in [0, 0.05) is 18.8 Å². The summed E-state index contributed by atoms with van der Waals surface area (Å²) in [6.07, 6.45) is 0.395. The van der Waals surface area contributed by atoms with Gasteiger partial charge in [0.15, 0.2) is 0 Å². The van der Waals surface area contributed by atoms with Crippen LogP contribution >= 0.6 is 0 Å². The topological polar surface area (TPSA) is 46.3 Å². The Morgan fingerprint density at radius 3 is 2.71 bits per heavy atom. The third kappa shape index (κ3) is 4.31. The fourth-order valence-electron chi connectivity index (χ4n) is 1.69. The van der Waals surface area contributed by atoms with Crippen LogP contribution < -0.4 is 5.73 Å². The summed E-state index contributed by atoms with van der Waals surface area (Å²) >= 11 is 0. The van der Waals surface area contributed by atoms with Crippen molar-refractivity contribution in [2.24, 2.45) is 0 Å². The van der Waals surface area contributed by atoms with Crippen LogP contribution in [0.2, 0.25) is 0 Å². The number of anilines is 1. The Morgan fingerprint density at radius 2 is 2.18 bits per heavy atom. The molecule has 0 unspecified atom stereocenters. The van der Waals surface area contributed by atoms with Crippen molar-refractivity contribution in [2.75, 3.05) is 18.8 Å². The number of nitrogens with two attached hydrogens (primary N) is 1. The second-order valence-electron chi connectivity index (χ2n) is 4.29. The lowest BCUT2D eigenvalue weighted by atomic mass is 10.1. The molecule has 0 spiro atoms. The van der Waals surface area contributed by atoms with Crippen LogP contribution in [0.25, 0.3) is 0 Å². The molecule has 0 atom stereocenters. The average molecular weight is 232 g/mol. The van der Waals surface area contributed by atoms with Crippen molar-refractivity contribution < 1.29 is 4.79 Å². The van der Waals surface area contributed by atoms with Gasteiger partial charge < -0.3 is 10.6 Å². The number of amides is 1. The molecule has 3 nitrogen and oxygen atoms in total. The van der Waals surface area contributed by atoms with Crippen LogP contribution in [0.5, 0.6) is 0 Å². The van der Waals surface area contributed by atoms with Crippen LogP contribution in [0.1, 0.15) is 19.4 Å². The number of nitrogen functional groups attached to an aromatic ring is 1. The summed E-state index contributed by atoms with van der Waals surface area (Å²) in [5, 5.41) is 0. The van der Waals surface area contributed by atoms with Crippen molar-refractivity contribution in [1.29, 1.82) is 0 Å². The highest BCUT2D eigenvalue weighted by molar-refractivity contribution is 5.79. The van der Waals surface area contributed by atoms with E-state index in [9.17, 15) is 4.79 Å². The molecule has 0 aliphatic rings. The zero-order chi connectivity index (χ0) is 12.8. The second-order valence-corrected chi connectivity index (χ2v) is 4.29. The summed E-state index contributed by atoms with van der Waals surface area (Å²) in [7, 11) is 0. The molecule has 0 heterocycles. The molecule has 1 aromatic carbocycles. The van der Waals surface area contributed by atoms with E-state index in [0.717, 1.165) is 11.1 Å². The first kappa shape index (κ1) is 13.3. The maximum Gasteiger partial charge on any atom is 0.227 e. The Morgan fingerprint density at radius 1 is 1.47 bits per heavy atom. The van der Waals surface area contributed by atoms with E-state index >= 15 is 0 Å². The molecular formula is C14H20N2O. The third-order valence-electron chi connectivity index (χ3n) is 2.50. The molecule has 0 saturated heterocycles. The molecule has 3 heteroatoms. The number of carbonyl (C=O) groups excluding carboxylic acids is 1. The van der Waals surface area contributed by atoms with Crippen molar-refractivity contribution in [3.05, 3.63) is 42.0 Å². The first-order valence-electron chi connectivity index (χ1n) is 5.79. The van der Waals surface area contributed by atoms with Crippen LogP contribution in [0, 0.1) is 0 Å². The van der Waals surface area contributed by atoms with Gasteiger partial charge >= 0.3 is 0 Å².